The average molecular weight is 626 g/mol. The van der Waals surface area contributed by atoms with Crippen LogP contribution in [0.25, 0.3) is 16.6 Å². The summed E-state index contributed by atoms with van der Waals surface area (Å²) in [4.78, 5) is 27.9. The van der Waals surface area contributed by atoms with Crippen LogP contribution in [0.2, 0.25) is 0 Å². The summed E-state index contributed by atoms with van der Waals surface area (Å²) in [5.41, 5.74) is 3.18. The third-order valence-corrected chi connectivity index (χ3v) is 9.49. The summed E-state index contributed by atoms with van der Waals surface area (Å²) in [6, 6.07) is 24.8. The van der Waals surface area contributed by atoms with Crippen molar-refractivity contribution in [2.24, 2.45) is 0 Å². The van der Waals surface area contributed by atoms with Crippen molar-refractivity contribution >= 4 is 27.0 Å². The second-order valence-electron chi connectivity index (χ2n) is 12.2. The molecule has 9 nitrogen and oxygen atoms in total. The number of ether oxygens (including phenoxy) is 2. The zero-order valence-electron chi connectivity index (χ0n) is 25.7. The Morgan fingerprint density at radius 3 is 2.36 bits per heavy atom. The summed E-state index contributed by atoms with van der Waals surface area (Å²) >= 11 is 0. The maximum Gasteiger partial charge on any atom is 0.410 e. The largest absolute Gasteiger partial charge is 0.489 e. The lowest BCUT2D eigenvalue weighted by molar-refractivity contribution is 0.0221. The first-order chi connectivity index (χ1) is 21.4. The van der Waals surface area contributed by atoms with Gasteiger partial charge in [-0.3, -0.25) is 9.36 Å². The lowest BCUT2D eigenvalue weighted by atomic mass is 10.0. The molecule has 0 fully saturated rings. The Morgan fingerprint density at radius 1 is 0.933 bits per heavy atom. The fourth-order valence-corrected chi connectivity index (χ4v) is 7.10. The highest BCUT2D eigenvalue weighted by Gasteiger charge is 2.33. The van der Waals surface area contributed by atoms with Gasteiger partial charge in [-0.25, -0.2) is 17.2 Å². The Labute approximate surface area is 262 Å². The van der Waals surface area contributed by atoms with Gasteiger partial charge in [-0.1, -0.05) is 54.1 Å². The van der Waals surface area contributed by atoms with Gasteiger partial charge in [0.1, 0.15) is 18.0 Å². The van der Waals surface area contributed by atoms with Gasteiger partial charge in [0.05, 0.1) is 28.3 Å². The van der Waals surface area contributed by atoms with Crippen molar-refractivity contribution in [1.82, 2.24) is 13.4 Å². The predicted octanol–water partition coefficient (Wildman–Crippen LogP) is 6.21. The van der Waals surface area contributed by atoms with Gasteiger partial charge in [0.15, 0.2) is 0 Å². The van der Waals surface area contributed by atoms with Crippen LogP contribution in [0.1, 0.15) is 43.2 Å². The van der Waals surface area contributed by atoms with Crippen molar-refractivity contribution < 1.29 is 22.7 Å². The Hall–Kier alpha value is -4.83. The summed E-state index contributed by atoms with van der Waals surface area (Å²) < 4.78 is 42.8. The summed E-state index contributed by atoms with van der Waals surface area (Å²) in [6.07, 6.45) is 1.57. The molecule has 0 saturated heterocycles. The van der Waals surface area contributed by atoms with E-state index in [0.29, 0.717) is 42.2 Å². The van der Waals surface area contributed by atoms with Crippen LogP contribution in [0.4, 0.5) is 4.79 Å². The first-order valence-electron chi connectivity index (χ1n) is 14.8. The third-order valence-electron chi connectivity index (χ3n) is 7.72. The van der Waals surface area contributed by atoms with E-state index in [-0.39, 0.29) is 17.0 Å². The SMILES string of the molecule is Cc1ccc(S(=O)(=O)n2c3c(c4ccc(-n5ccc(OCc6ccccc6)cc5=O)cc42)CCN(C(=O)OC(C)(C)C)C3)cc1. The van der Waals surface area contributed by atoms with E-state index < -0.39 is 21.7 Å². The van der Waals surface area contributed by atoms with Crippen LogP contribution in [0.5, 0.6) is 5.75 Å². The van der Waals surface area contributed by atoms with Gasteiger partial charge in [-0.15, -0.1) is 0 Å². The Balaban J connectivity index is 1.43. The van der Waals surface area contributed by atoms with Gasteiger partial charge < -0.3 is 14.4 Å². The van der Waals surface area contributed by atoms with Crippen molar-refractivity contribution in [1.29, 1.82) is 0 Å². The molecule has 0 radical (unpaired) electrons. The van der Waals surface area contributed by atoms with Gasteiger partial charge in [-0.05, 0) is 75.6 Å². The summed E-state index contributed by atoms with van der Waals surface area (Å²) in [5, 5.41) is 0.754. The number of hydrogen-bond donors (Lipinski definition) is 0. The number of pyridine rings is 1. The highest BCUT2D eigenvalue weighted by Crippen LogP contribution is 2.35. The maximum atomic E-state index is 14.3. The first kappa shape index (κ1) is 30.2. The molecule has 0 N–H and O–H groups in total. The number of hydrogen-bond acceptors (Lipinski definition) is 6. The molecule has 2 aromatic heterocycles. The molecule has 6 rings (SSSR count). The van der Waals surface area contributed by atoms with Gasteiger partial charge in [0.2, 0.25) is 0 Å². The quantitative estimate of drug-likeness (QED) is 0.223. The molecule has 1 aliphatic rings. The Kier molecular flexibility index (Phi) is 7.78. The molecular weight excluding hydrogens is 590 g/mol. The molecule has 1 aliphatic heterocycles. The molecule has 45 heavy (non-hydrogen) atoms. The van der Waals surface area contributed by atoms with Crippen LogP contribution in [0.3, 0.4) is 0 Å². The van der Waals surface area contributed by atoms with Crippen molar-refractivity contribution in [3.05, 3.63) is 124 Å². The first-order valence-corrected chi connectivity index (χ1v) is 16.2. The average Bonchev–Trinajstić information content (AvgIpc) is 3.33. The second kappa shape index (κ2) is 11.6. The van der Waals surface area contributed by atoms with Crippen LogP contribution >= 0.6 is 0 Å². The molecule has 5 aromatic rings. The molecule has 1 amide bonds. The number of amides is 1. The van der Waals surface area contributed by atoms with Gasteiger partial charge >= 0.3 is 6.09 Å². The maximum absolute atomic E-state index is 14.3. The summed E-state index contributed by atoms with van der Waals surface area (Å²) in [6.45, 7) is 8.06. The summed E-state index contributed by atoms with van der Waals surface area (Å²) in [7, 11) is -4.08. The number of rotatable bonds is 6. The predicted molar refractivity (Wildman–Crippen MR) is 172 cm³/mol. The van der Waals surface area contributed by atoms with E-state index in [1.165, 1.54) is 19.5 Å². The molecule has 0 bridgehead atoms. The number of aromatic nitrogens is 2. The topological polar surface area (TPSA) is 99.8 Å². The van der Waals surface area contributed by atoms with Crippen molar-refractivity contribution in [2.75, 3.05) is 6.54 Å². The van der Waals surface area contributed by atoms with Crippen LogP contribution in [-0.4, -0.2) is 40.1 Å². The number of fused-ring (bicyclic) bond motifs is 3. The Morgan fingerprint density at radius 2 is 1.67 bits per heavy atom. The van der Waals surface area contributed by atoms with Gasteiger partial charge in [-0.2, -0.15) is 0 Å². The lowest BCUT2D eigenvalue weighted by Gasteiger charge is -2.30. The van der Waals surface area contributed by atoms with E-state index in [9.17, 15) is 18.0 Å². The van der Waals surface area contributed by atoms with Crippen molar-refractivity contribution in [2.45, 2.75) is 57.8 Å². The highest BCUT2D eigenvalue weighted by atomic mass is 32.2. The number of benzene rings is 3. The van der Waals surface area contributed by atoms with Crippen LogP contribution in [-0.2, 0) is 34.3 Å². The highest BCUT2D eigenvalue weighted by molar-refractivity contribution is 7.90. The molecule has 0 aliphatic carbocycles. The number of carbonyl (C=O) groups excluding carboxylic acids is 1. The monoisotopic (exact) mass is 625 g/mol. The van der Waals surface area contributed by atoms with Crippen LogP contribution in [0, 0.1) is 6.92 Å². The fraction of sp³-hybridized carbons (Fsp3) is 0.257. The molecule has 0 spiro atoms. The van der Waals surface area contributed by atoms with Gasteiger partial charge in [0.25, 0.3) is 15.6 Å². The Bertz CT molecular complexity index is 2060. The zero-order chi connectivity index (χ0) is 31.9. The molecule has 0 unspecified atom stereocenters. The third kappa shape index (κ3) is 6.10. The molecular formula is C35H35N3O6S. The molecule has 0 atom stereocenters. The van der Waals surface area contributed by atoms with Crippen LogP contribution < -0.4 is 10.3 Å². The van der Waals surface area contributed by atoms with E-state index in [1.54, 1.807) is 69.4 Å². The van der Waals surface area contributed by atoms with E-state index in [1.807, 2.05) is 43.3 Å². The molecule has 3 heterocycles. The van der Waals surface area contributed by atoms with Crippen molar-refractivity contribution in [3.8, 4) is 11.4 Å². The zero-order valence-corrected chi connectivity index (χ0v) is 26.5. The standard InChI is InChI=1S/C35H35N3O6S/c1-24-10-13-28(14-11-24)45(41,42)38-31-20-26(37-19-16-27(21-33(37)39)43-23-25-8-6-5-7-9-25)12-15-29(31)30-17-18-36(22-32(30)38)34(40)44-35(2,3)4/h5-16,19-21H,17-18,22-23H2,1-4H3. The van der Waals surface area contributed by atoms with E-state index >= 15 is 0 Å². The normalized spacial score (nSPS) is 13.5. The van der Waals surface area contributed by atoms with Gasteiger partial charge in [0, 0.05) is 24.2 Å². The number of carbonyl (C=O) groups is 1. The van der Waals surface area contributed by atoms with E-state index in [4.69, 9.17) is 9.47 Å². The van der Waals surface area contributed by atoms with Crippen LogP contribution in [0.15, 0.2) is 101 Å². The van der Waals surface area contributed by atoms with Crippen molar-refractivity contribution in [3.63, 3.8) is 0 Å². The van der Waals surface area contributed by atoms with E-state index in [2.05, 4.69) is 0 Å². The molecule has 232 valence electrons. The van der Waals surface area contributed by atoms with E-state index in [0.717, 1.165) is 22.1 Å². The fourth-order valence-electron chi connectivity index (χ4n) is 5.54. The lowest BCUT2D eigenvalue weighted by Crippen LogP contribution is -2.40. The minimum absolute atomic E-state index is 0.0623. The number of aryl methyl sites for hydroxylation is 1. The minimum Gasteiger partial charge on any atom is -0.489 e. The number of nitrogens with zero attached hydrogens (tertiary/aromatic N) is 3. The summed E-state index contributed by atoms with van der Waals surface area (Å²) in [5.74, 6) is 0.434. The molecule has 3 aromatic carbocycles. The second-order valence-corrected chi connectivity index (χ2v) is 14.0. The minimum atomic E-state index is -4.08. The molecule has 10 heteroatoms. The smallest absolute Gasteiger partial charge is 0.410 e. The molecule has 0 saturated carbocycles.